The van der Waals surface area contributed by atoms with Crippen molar-refractivity contribution in [3.8, 4) is 17.2 Å². The first-order chi connectivity index (χ1) is 10.6. The Morgan fingerprint density at radius 1 is 1.05 bits per heavy atom. The number of anilines is 1. The zero-order valence-electron chi connectivity index (χ0n) is 12.3. The molecule has 1 N–H and O–H groups in total. The van der Waals surface area contributed by atoms with Gasteiger partial charge in [0.1, 0.15) is 17.2 Å². The van der Waals surface area contributed by atoms with Crippen LogP contribution in [0.4, 0.5) is 5.69 Å². The van der Waals surface area contributed by atoms with Gasteiger partial charge in [0.2, 0.25) is 0 Å². The summed E-state index contributed by atoms with van der Waals surface area (Å²) in [5.41, 5.74) is 0.615. The topological polar surface area (TPSA) is 56.8 Å². The summed E-state index contributed by atoms with van der Waals surface area (Å²) in [7, 11) is 3.09. The SMILES string of the molecule is COc1cc(OC)cc(OCC(=O)Nc2cccc(Cl)c2)c1. The second kappa shape index (κ2) is 7.56. The molecule has 116 valence electrons. The van der Waals surface area contributed by atoms with Gasteiger partial charge in [0.05, 0.1) is 14.2 Å². The van der Waals surface area contributed by atoms with Crippen LogP contribution in [-0.4, -0.2) is 26.7 Å². The normalized spacial score (nSPS) is 9.95. The molecule has 0 saturated heterocycles. The maximum absolute atomic E-state index is 11.9. The van der Waals surface area contributed by atoms with Gasteiger partial charge in [-0.05, 0) is 18.2 Å². The molecule has 2 aromatic rings. The van der Waals surface area contributed by atoms with Gasteiger partial charge in [-0.1, -0.05) is 17.7 Å². The zero-order valence-corrected chi connectivity index (χ0v) is 13.0. The Kier molecular flexibility index (Phi) is 5.49. The van der Waals surface area contributed by atoms with Gasteiger partial charge < -0.3 is 19.5 Å². The minimum Gasteiger partial charge on any atom is -0.496 e. The van der Waals surface area contributed by atoms with E-state index in [2.05, 4.69) is 5.32 Å². The summed E-state index contributed by atoms with van der Waals surface area (Å²) >= 11 is 5.86. The van der Waals surface area contributed by atoms with E-state index in [-0.39, 0.29) is 12.5 Å². The van der Waals surface area contributed by atoms with Gasteiger partial charge in [-0.3, -0.25) is 4.79 Å². The van der Waals surface area contributed by atoms with Gasteiger partial charge in [-0.25, -0.2) is 0 Å². The summed E-state index contributed by atoms with van der Waals surface area (Å²) < 4.78 is 15.7. The van der Waals surface area contributed by atoms with Crippen molar-refractivity contribution in [1.29, 1.82) is 0 Å². The molecule has 2 aromatic carbocycles. The van der Waals surface area contributed by atoms with Crippen molar-refractivity contribution in [2.45, 2.75) is 0 Å². The quantitative estimate of drug-likeness (QED) is 0.886. The molecule has 0 spiro atoms. The van der Waals surface area contributed by atoms with Crippen LogP contribution in [0.1, 0.15) is 0 Å². The molecule has 0 radical (unpaired) electrons. The predicted octanol–water partition coefficient (Wildman–Crippen LogP) is 3.37. The Bertz CT molecular complexity index is 638. The lowest BCUT2D eigenvalue weighted by Crippen LogP contribution is -2.20. The van der Waals surface area contributed by atoms with Crippen LogP contribution in [0.5, 0.6) is 17.2 Å². The molecule has 0 aliphatic carbocycles. The van der Waals surface area contributed by atoms with Crippen LogP contribution >= 0.6 is 11.6 Å². The molecule has 0 aliphatic heterocycles. The van der Waals surface area contributed by atoms with Crippen LogP contribution < -0.4 is 19.5 Å². The van der Waals surface area contributed by atoms with Crippen molar-refractivity contribution in [2.24, 2.45) is 0 Å². The fourth-order valence-electron chi connectivity index (χ4n) is 1.78. The molecule has 5 nitrogen and oxygen atoms in total. The lowest BCUT2D eigenvalue weighted by Gasteiger charge is -2.10. The number of rotatable bonds is 6. The number of halogens is 1. The van der Waals surface area contributed by atoms with Gasteiger partial charge in [0, 0.05) is 28.9 Å². The first kappa shape index (κ1) is 16.0. The molecule has 0 heterocycles. The third kappa shape index (κ3) is 4.56. The second-order valence-electron chi connectivity index (χ2n) is 4.40. The third-order valence-corrected chi connectivity index (χ3v) is 3.04. The highest BCUT2D eigenvalue weighted by Gasteiger charge is 2.07. The van der Waals surface area contributed by atoms with Crippen LogP contribution in [-0.2, 0) is 4.79 Å². The van der Waals surface area contributed by atoms with E-state index in [1.165, 1.54) is 0 Å². The average molecular weight is 322 g/mol. The number of amides is 1. The molecule has 0 aliphatic rings. The molecule has 6 heteroatoms. The average Bonchev–Trinajstić information content (AvgIpc) is 2.52. The molecule has 0 atom stereocenters. The first-order valence-corrected chi connectivity index (χ1v) is 6.90. The summed E-state index contributed by atoms with van der Waals surface area (Å²) in [5, 5.41) is 3.25. The van der Waals surface area contributed by atoms with E-state index in [1.807, 2.05) is 0 Å². The molecule has 0 bridgehead atoms. The van der Waals surface area contributed by atoms with E-state index < -0.39 is 0 Å². The van der Waals surface area contributed by atoms with Crippen molar-refractivity contribution in [1.82, 2.24) is 0 Å². The Labute approximate surface area is 133 Å². The third-order valence-electron chi connectivity index (χ3n) is 2.80. The molecule has 0 aromatic heterocycles. The fraction of sp³-hybridized carbons (Fsp3) is 0.188. The number of hydrogen-bond acceptors (Lipinski definition) is 4. The standard InChI is InChI=1S/C16H16ClNO4/c1-20-13-7-14(21-2)9-15(8-13)22-10-16(19)18-12-5-3-4-11(17)6-12/h3-9H,10H2,1-2H3,(H,18,19). The molecule has 22 heavy (non-hydrogen) atoms. The van der Waals surface area contributed by atoms with E-state index in [1.54, 1.807) is 56.7 Å². The number of carbonyl (C=O) groups excluding carboxylic acids is 1. The van der Waals surface area contributed by atoms with E-state index in [4.69, 9.17) is 25.8 Å². The predicted molar refractivity (Wildman–Crippen MR) is 85.1 cm³/mol. The maximum Gasteiger partial charge on any atom is 0.262 e. The number of methoxy groups -OCH3 is 2. The minimum atomic E-state index is -0.288. The van der Waals surface area contributed by atoms with E-state index in [9.17, 15) is 4.79 Å². The number of hydrogen-bond donors (Lipinski definition) is 1. The van der Waals surface area contributed by atoms with Gasteiger partial charge in [0.25, 0.3) is 5.91 Å². The molecule has 0 unspecified atom stereocenters. The van der Waals surface area contributed by atoms with Crippen molar-refractivity contribution in [3.63, 3.8) is 0 Å². The van der Waals surface area contributed by atoms with E-state index in [0.717, 1.165) is 0 Å². The Balaban J connectivity index is 1.96. The van der Waals surface area contributed by atoms with Gasteiger partial charge in [-0.15, -0.1) is 0 Å². The fourth-order valence-corrected chi connectivity index (χ4v) is 1.97. The van der Waals surface area contributed by atoms with E-state index in [0.29, 0.717) is 28.0 Å². The number of benzene rings is 2. The summed E-state index contributed by atoms with van der Waals surface area (Å²) in [6.07, 6.45) is 0. The highest BCUT2D eigenvalue weighted by Crippen LogP contribution is 2.27. The van der Waals surface area contributed by atoms with Crippen LogP contribution in [0.15, 0.2) is 42.5 Å². The number of nitrogens with one attached hydrogen (secondary N) is 1. The van der Waals surface area contributed by atoms with Crippen molar-refractivity contribution < 1.29 is 19.0 Å². The van der Waals surface area contributed by atoms with E-state index >= 15 is 0 Å². The van der Waals surface area contributed by atoms with Crippen LogP contribution in [0.25, 0.3) is 0 Å². The monoisotopic (exact) mass is 321 g/mol. The Morgan fingerprint density at radius 3 is 2.27 bits per heavy atom. The lowest BCUT2D eigenvalue weighted by molar-refractivity contribution is -0.118. The second-order valence-corrected chi connectivity index (χ2v) is 4.83. The van der Waals surface area contributed by atoms with Crippen LogP contribution in [0, 0.1) is 0 Å². The van der Waals surface area contributed by atoms with Gasteiger partial charge in [0.15, 0.2) is 6.61 Å². The smallest absolute Gasteiger partial charge is 0.262 e. The maximum atomic E-state index is 11.9. The largest absolute Gasteiger partial charge is 0.496 e. The zero-order chi connectivity index (χ0) is 15.9. The summed E-state index contributed by atoms with van der Waals surface area (Å²) in [4.78, 5) is 11.9. The lowest BCUT2D eigenvalue weighted by atomic mass is 10.3. The van der Waals surface area contributed by atoms with Crippen LogP contribution in [0.3, 0.4) is 0 Å². The van der Waals surface area contributed by atoms with Crippen LogP contribution in [0.2, 0.25) is 5.02 Å². The molecule has 0 saturated carbocycles. The Morgan fingerprint density at radius 2 is 1.68 bits per heavy atom. The summed E-state index contributed by atoms with van der Waals surface area (Å²) in [6.45, 7) is -0.136. The first-order valence-electron chi connectivity index (χ1n) is 6.52. The molecule has 0 fully saturated rings. The minimum absolute atomic E-state index is 0.136. The van der Waals surface area contributed by atoms with Crippen molar-refractivity contribution in [2.75, 3.05) is 26.1 Å². The summed E-state index contributed by atoms with van der Waals surface area (Å²) in [6, 6.07) is 12.0. The Hall–Kier alpha value is -2.40. The van der Waals surface area contributed by atoms with Crippen molar-refractivity contribution >= 4 is 23.2 Å². The highest BCUT2D eigenvalue weighted by atomic mass is 35.5. The number of ether oxygens (including phenoxy) is 3. The highest BCUT2D eigenvalue weighted by molar-refractivity contribution is 6.30. The van der Waals surface area contributed by atoms with Gasteiger partial charge in [-0.2, -0.15) is 0 Å². The molecule has 2 rings (SSSR count). The molecular formula is C16H16ClNO4. The van der Waals surface area contributed by atoms with Crippen molar-refractivity contribution in [3.05, 3.63) is 47.5 Å². The molecule has 1 amide bonds. The number of carbonyl (C=O) groups is 1. The summed E-state index contributed by atoms with van der Waals surface area (Å²) in [5.74, 6) is 1.37. The van der Waals surface area contributed by atoms with Gasteiger partial charge >= 0.3 is 0 Å². The molecular weight excluding hydrogens is 306 g/mol.